The Labute approximate surface area is 166 Å². The summed E-state index contributed by atoms with van der Waals surface area (Å²) in [6.45, 7) is 6.26. The lowest BCUT2D eigenvalue weighted by Gasteiger charge is -2.36. The van der Waals surface area contributed by atoms with E-state index in [0.717, 1.165) is 47.0 Å². The van der Waals surface area contributed by atoms with Gasteiger partial charge in [-0.1, -0.05) is 12.6 Å². The molecule has 3 amide bonds. The van der Waals surface area contributed by atoms with E-state index in [1.165, 1.54) is 6.08 Å². The van der Waals surface area contributed by atoms with Crippen LogP contribution in [-0.2, 0) is 9.59 Å². The van der Waals surface area contributed by atoms with Gasteiger partial charge < -0.3 is 9.80 Å². The van der Waals surface area contributed by atoms with Crippen molar-refractivity contribution < 1.29 is 14.4 Å². The minimum atomic E-state index is -0.371. The summed E-state index contributed by atoms with van der Waals surface area (Å²) in [5.74, 6) is -0.417. The predicted octanol–water partition coefficient (Wildman–Crippen LogP) is 2.39. The van der Waals surface area contributed by atoms with E-state index in [4.69, 9.17) is 0 Å². The Morgan fingerprint density at radius 1 is 1.18 bits per heavy atom. The molecular weight excluding hydrogens is 376 g/mol. The number of aromatic nitrogens is 1. The molecule has 2 aromatic rings. The van der Waals surface area contributed by atoms with Gasteiger partial charge in [0.05, 0.1) is 10.4 Å². The second-order valence-electron chi connectivity index (χ2n) is 6.48. The van der Waals surface area contributed by atoms with Gasteiger partial charge in [-0.2, -0.15) is 0 Å². The zero-order chi connectivity index (χ0) is 19.7. The Morgan fingerprint density at radius 2 is 1.96 bits per heavy atom. The molecular formula is C20H18N4O3S. The largest absolute Gasteiger partial charge is 0.367 e. The van der Waals surface area contributed by atoms with Crippen LogP contribution in [0.3, 0.4) is 0 Å². The molecule has 2 saturated heterocycles. The fourth-order valence-corrected chi connectivity index (χ4v) is 4.07. The molecule has 0 radical (unpaired) electrons. The number of anilines is 1. The Morgan fingerprint density at radius 3 is 2.64 bits per heavy atom. The van der Waals surface area contributed by atoms with Gasteiger partial charge in [0.25, 0.3) is 11.1 Å². The highest BCUT2D eigenvalue weighted by Gasteiger charge is 2.25. The van der Waals surface area contributed by atoms with E-state index in [-0.39, 0.29) is 17.1 Å². The summed E-state index contributed by atoms with van der Waals surface area (Å²) in [4.78, 5) is 43.8. The van der Waals surface area contributed by atoms with E-state index < -0.39 is 0 Å². The van der Waals surface area contributed by atoms with Crippen molar-refractivity contribution >= 4 is 51.5 Å². The first-order valence-corrected chi connectivity index (χ1v) is 9.67. The molecule has 1 aromatic carbocycles. The number of hydrogen-bond acceptors (Lipinski definition) is 6. The number of carbonyl (C=O) groups excluding carboxylic acids is 3. The monoisotopic (exact) mass is 394 g/mol. The van der Waals surface area contributed by atoms with E-state index in [0.29, 0.717) is 18.0 Å². The maximum absolute atomic E-state index is 11.8. The molecule has 8 heteroatoms. The third-order valence-electron chi connectivity index (χ3n) is 4.79. The highest BCUT2D eigenvalue weighted by Crippen LogP contribution is 2.30. The maximum Gasteiger partial charge on any atom is 0.290 e. The van der Waals surface area contributed by atoms with Crippen molar-refractivity contribution in [3.8, 4) is 0 Å². The van der Waals surface area contributed by atoms with Crippen molar-refractivity contribution in [2.45, 2.75) is 0 Å². The fourth-order valence-electron chi connectivity index (χ4n) is 3.38. The first-order valence-electron chi connectivity index (χ1n) is 8.85. The van der Waals surface area contributed by atoms with Gasteiger partial charge >= 0.3 is 0 Å². The normalized spacial score (nSPS) is 18.6. The van der Waals surface area contributed by atoms with Gasteiger partial charge in [-0.05, 0) is 47.7 Å². The maximum atomic E-state index is 11.8. The molecule has 1 N–H and O–H groups in total. The highest BCUT2D eigenvalue weighted by molar-refractivity contribution is 8.18. The van der Waals surface area contributed by atoms with Crippen molar-refractivity contribution in [2.24, 2.45) is 0 Å². The minimum absolute atomic E-state index is 0.0463. The van der Waals surface area contributed by atoms with Gasteiger partial charge in [0.1, 0.15) is 0 Å². The molecule has 3 heterocycles. The van der Waals surface area contributed by atoms with Crippen LogP contribution in [-0.4, -0.2) is 53.1 Å². The number of thioether (sulfide) groups is 1. The Kier molecular flexibility index (Phi) is 4.87. The van der Waals surface area contributed by atoms with E-state index in [2.05, 4.69) is 21.8 Å². The van der Waals surface area contributed by atoms with Crippen LogP contribution in [0.4, 0.5) is 10.5 Å². The van der Waals surface area contributed by atoms with Crippen molar-refractivity contribution in [3.05, 3.63) is 53.6 Å². The topological polar surface area (TPSA) is 82.6 Å². The van der Waals surface area contributed by atoms with Crippen molar-refractivity contribution in [1.29, 1.82) is 0 Å². The summed E-state index contributed by atoms with van der Waals surface area (Å²) in [6, 6.07) is 7.72. The van der Waals surface area contributed by atoms with Crippen LogP contribution in [0.2, 0.25) is 0 Å². The second-order valence-corrected chi connectivity index (χ2v) is 7.49. The van der Waals surface area contributed by atoms with Crippen LogP contribution in [0, 0.1) is 0 Å². The average molecular weight is 394 g/mol. The lowest BCUT2D eigenvalue weighted by atomic mass is 10.1. The Bertz CT molecular complexity index is 1030. The minimum Gasteiger partial charge on any atom is -0.367 e. The summed E-state index contributed by atoms with van der Waals surface area (Å²) >= 11 is 0.901. The van der Waals surface area contributed by atoms with Gasteiger partial charge in [0, 0.05) is 43.4 Å². The molecule has 1 aromatic heterocycles. The van der Waals surface area contributed by atoms with Crippen molar-refractivity contribution in [2.75, 3.05) is 31.1 Å². The number of benzene rings is 1. The number of nitrogens with one attached hydrogen (secondary N) is 1. The third-order valence-corrected chi connectivity index (χ3v) is 5.60. The molecule has 142 valence electrons. The number of piperazine rings is 1. The van der Waals surface area contributed by atoms with Crippen LogP contribution in [0.25, 0.3) is 17.0 Å². The number of amides is 3. The first kappa shape index (κ1) is 18.2. The quantitative estimate of drug-likeness (QED) is 0.805. The van der Waals surface area contributed by atoms with Crippen molar-refractivity contribution in [3.63, 3.8) is 0 Å². The van der Waals surface area contributed by atoms with Gasteiger partial charge in [-0.15, -0.1) is 0 Å². The number of hydrogen-bond donors (Lipinski definition) is 1. The summed E-state index contributed by atoms with van der Waals surface area (Å²) in [5.41, 5.74) is 2.72. The number of rotatable bonds is 3. The molecule has 2 aliphatic rings. The second kappa shape index (κ2) is 7.47. The summed E-state index contributed by atoms with van der Waals surface area (Å²) in [7, 11) is 0. The van der Waals surface area contributed by atoms with Crippen LogP contribution < -0.4 is 10.2 Å². The number of pyridine rings is 1. The molecule has 7 nitrogen and oxygen atoms in total. The van der Waals surface area contributed by atoms with Crippen LogP contribution in [0.1, 0.15) is 5.56 Å². The Balaban J connectivity index is 1.64. The number of fused-ring (bicyclic) bond motifs is 1. The molecule has 0 aliphatic carbocycles. The van der Waals surface area contributed by atoms with E-state index in [1.54, 1.807) is 17.2 Å². The molecule has 0 atom stereocenters. The standard InChI is InChI=1S/C20H18N4O3S/c1-2-18(25)24-9-7-23(8-10-24)16-5-6-21-15-4-3-13(11-14(15)16)12-17-19(26)22-20(27)28-17/h2-6,11-12H,1,7-10H2,(H,22,26,27). The van der Waals surface area contributed by atoms with E-state index in [9.17, 15) is 14.4 Å². The summed E-state index contributed by atoms with van der Waals surface area (Å²) < 4.78 is 0. The van der Waals surface area contributed by atoms with Crippen LogP contribution in [0.15, 0.2) is 48.0 Å². The van der Waals surface area contributed by atoms with Gasteiger partial charge in [-0.25, -0.2) is 0 Å². The lowest BCUT2D eigenvalue weighted by Crippen LogP contribution is -2.48. The molecule has 28 heavy (non-hydrogen) atoms. The van der Waals surface area contributed by atoms with E-state index in [1.807, 2.05) is 24.3 Å². The number of imide groups is 1. The summed E-state index contributed by atoms with van der Waals surface area (Å²) in [5, 5.41) is 2.87. The third kappa shape index (κ3) is 3.50. The van der Waals surface area contributed by atoms with Crippen molar-refractivity contribution in [1.82, 2.24) is 15.2 Å². The Hall–Kier alpha value is -3.13. The molecule has 0 saturated carbocycles. The smallest absolute Gasteiger partial charge is 0.290 e. The zero-order valence-electron chi connectivity index (χ0n) is 15.1. The van der Waals surface area contributed by atoms with Gasteiger partial charge in [-0.3, -0.25) is 24.7 Å². The SMILES string of the molecule is C=CC(=O)N1CCN(c2ccnc3ccc(C=C4SC(=O)NC4=O)cc23)CC1. The molecule has 0 spiro atoms. The summed E-state index contributed by atoms with van der Waals surface area (Å²) in [6.07, 6.45) is 4.83. The van der Waals surface area contributed by atoms with Crippen LogP contribution in [0.5, 0.6) is 0 Å². The zero-order valence-corrected chi connectivity index (χ0v) is 15.9. The fraction of sp³-hybridized carbons (Fsp3) is 0.200. The average Bonchev–Trinajstić information content (AvgIpc) is 3.03. The number of carbonyl (C=O) groups is 3. The van der Waals surface area contributed by atoms with Gasteiger partial charge in [0.2, 0.25) is 5.91 Å². The van der Waals surface area contributed by atoms with E-state index >= 15 is 0 Å². The van der Waals surface area contributed by atoms with Gasteiger partial charge in [0.15, 0.2) is 0 Å². The lowest BCUT2D eigenvalue weighted by molar-refractivity contribution is -0.126. The molecule has 4 rings (SSSR count). The number of nitrogens with zero attached hydrogens (tertiary/aromatic N) is 3. The van der Waals surface area contributed by atoms with Crippen LogP contribution >= 0.6 is 11.8 Å². The first-order chi connectivity index (χ1) is 13.5. The molecule has 0 bridgehead atoms. The highest BCUT2D eigenvalue weighted by atomic mass is 32.2. The predicted molar refractivity (Wildman–Crippen MR) is 110 cm³/mol. The molecule has 2 fully saturated rings. The molecule has 2 aliphatic heterocycles. The molecule has 0 unspecified atom stereocenters.